The van der Waals surface area contributed by atoms with Crippen molar-refractivity contribution in [1.29, 1.82) is 0 Å². The fraction of sp³-hybridized carbons (Fsp3) is 0.500. The molecule has 0 aliphatic rings. The summed E-state index contributed by atoms with van der Waals surface area (Å²) in [6.45, 7) is 1.08. The smallest absolute Gasteiger partial charge is 0.336 e. The standard InChI is InChI=1S/C6H8O7.C2H4O2.Zn.Zr/c7-3(8)1-6(13,5(11)12)2-4(9)10;1-2(3)4;;/h13H,1-2H2,(H,7,8)(H,9,10)(H,11,12);1H3,(H,3,4);;. The minimum absolute atomic E-state index is 0. The maximum Gasteiger partial charge on any atom is 0.336 e. The van der Waals surface area contributed by atoms with Crippen LogP contribution in [0.25, 0.3) is 0 Å². The molecular weight excluding hydrogens is 397 g/mol. The Morgan fingerprint density at radius 2 is 1.11 bits per heavy atom. The predicted molar refractivity (Wildman–Crippen MR) is 50.4 cm³/mol. The van der Waals surface area contributed by atoms with Crippen LogP contribution in [0.2, 0.25) is 0 Å². The van der Waals surface area contributed by atoms with Crippen molar-refractivity contribution >= 4 is 23.9 Å². The minimum Gasteiger partial charge on any atom is -0.481 e. The minimum atomic E-state index is -2.74. The topological polar surface area (TPSA) is 169 Å². The predicted octanol–water partition coefficient (Wildman–Crippen LogP) is -1.16. The van der Waals surface area contributed by atoms with Gasteiger partial charge < -0.3 is 25.5 Å². The molecule has 0 bridgehead atoms. The van der Waals surface area contributed by atoms with Crippen molar-refractivity contribution < 1.29 is 90.4 Å². The summed E-state index contributed by atoms with van der Waals surface area (Å²) in [6, 6.07) is 0. The van der Waals surface area contributed by atoms with Crippen LogP contribution in [-0.4, -0.2) is 55.0 Å². The molecule has 0 aromatic rings. The van der Waals surface area contributed by atoms with Gasteiger partial charge in [0.1, 0.15) is 0 Å². The molecule has 19 heavy (non-hydrogen) atoms. The Kier molecular flexibility index (Phi) is 17.5. The molecule has 0 spiro atoms. The van der Waals surface area contributed by atoms with Crippen LogP contribution < -0.4 is 0 Å². The first-order chi connectivity index (χ1) is 7.51. The van der Waals surface area contributed by atoms with Gasteiger partial charge >= 0.3 is 17.9 Å². The number of aliphatic carboxylic acids is 4. The SMILES string of the molecule is CC(=O)O.O=C(O)CC(O)(CC(=O)O)C(=O)O.[Zn].[Zr]. The first-order valence-electron chi connectivity index (χ1n) is 4.10. The van der Waals surface area contributed by atoms with Crippen molar-refractivity contribution in [3.63, 3.8) is 0 Å². The summed E-state index contributed by atoms with van der Waals surface area (Å²) in [4.78, 5) is 39.5. The van der Waals surface area contributed by atoms with E-state index in [4.69, 9.17) is 30.3 Å². The molecule has 0 saturated heterocycles. The number of rotatable bonds is 5. The summed E-state index contributed by atoms with van der Waals surface area (Å²) in [5, 5.41) is 41.2. The molecule has 0 radical (unpaired) electrons. The Morgan fingerprint density at radius 3 is 1.21 bits per heavy atom. The molecule has 104 valence electrons. The molecule has 0 aliphatic carbocycles. The summed E-state index contributed by atoms with van der Waals surface area (Å²) < 4.78 is 0. The second kappa shape index (κ2) is 12.4. The fourth-order valence-electron chi connectivity index (χ4n) is 0.714. The summed E-state index contributed by atoms with van der Waals surface area (Å²) in [5.74, 6) is -5.85. The van der Waals surface area contributed by atoms with E-state index >= 15 is 0 Å². The zero-order valence-electron chi connectivity index (χ0n) is 9.99. The maximum absolute atomic E-state index is 10.3. The third-order valence-electron chi connectivity index (χ3n) is 1.29. The van der Waals surface area contributed by atoms with Gasteiger partial charge in [-0.2, -0.15) is 0 Å². The molecular formula is C8H12O9ZnZr. The molecule has 0 atom stereocenters. The second-order valence-corrected chi connectivity index (χ2v) is 3.00. The van der Waals surface area contributed by atoms with E-state index in [1.165, 1.54) is 0 Å². The van der Waals surface area contributed by atoms with Crippen molar-refractivity contribution in [3.8, 4) is 0 Å². The Bertz CT molecular complexity index is 310. The maximum atomic E-state index is 10.3. The van der Waals surface area contributed by atoms with Crippen molar-refractivity contribution in [3.05, 3.63) is 0 Å². The third-order valence-corrected chi connectivity index (χ3v) is 1.29. The van der Waals surface area contributed by atoms with E-state index in [2.05, 4.69) is 0 Å². The van der Waals surface area contributed by atoms with Crippen LogP contribution in [0.15, 0.2) is 0 Å². The van der Waals surface area contributed by atoms with Gasteiger partial charge in [0.25, 0.3) is 5.97 Å². The first kappa shape index (κ1) is 26.8. The van der Waals surface area contributed by atoms with Crippen LogP contribution in [0, 0.1) is 0 Å². The van der Waals surface area contributed by atoms with Gasteiger partial charge in [0, 0.05) is 52.6 Å². The zero-order chi connectivity index (χ0) is 14.2. The largest absolute Gasteiger partial charge is 0.481 e. The Balaban J connectivity index is -0.000000165. The van der Waals surface area contributed by atoms with E-state index in [1.807, 2.05) is 0 Å². The van der Waals surface area contributed by atoms with Crippen LogP contribution in [0.5, 0.6) is 0 Å². The van der Waals surface area contributed by atoms with Gasteiger partial charge in [0.05, 0.1) is 12.8 Å². The number of aliphatic hydroxyl groups is 1. The Labute approximate surface area is 139 Å². The average molecular weight is 409 g/mol. The van der Waals surface area contributed by atoms with Gasteiger partial charge in [-0.05, 0) is 0 Å². The molecule has 0 aliphatic heterocycles. The number of hydrogen-bond acceptors (Lipinski definition) is 5. The van der Waals surface area contributed by atoms with E-state index in [9.17, 15) is 14.4 Å². The average Bonchev–Trinajstić information content (AvgIpc) is 1.98. The number of carboxylic acid groups (broad SMARTS) is 4. The van der Waals surface area contributed by atoms with E-state index < -0.39 is 42.3 Å². The quantitative estimate of drug-likeness (QED) is 0.352. The second-order valence-electron chi connectivity index (χ2n) is 3.00. The fourth-order valence-corrected chi connectivity index (χ4v) is 0.714. The summed E-state index contributed by atoms with van der Waals surface area (Å²) in [6.07, 6.45) is -2.29. The molecule has 11 heteroatoms. The summed E-state index contributed by atoms with van der Waals surface area (Å²) in [7, 11) is 0. The van der Waals surface area contributed by atoms with Gasteiger partial charge in [-0.3, -0.25) is 14.4 Å². The van der Waals surface area contributed by atoms with Crippen LogP contribution >= 0.6 is 0 Å². The Morgan fingerprint density at radius 1 is 0.895 bits per heavy atom. The van der Waals surface area contributed by atoms with E-state index in [0.717, 1.165) is 6.92 Å². The van der Waals surface area contributed by atoms with Crippen molar-refractivity contribution in [2.24, 2.45) is 0 Å². The number of carboxylic acids is 4. The van der Waals surface area contributed by atoms with Crippen molar-refractivity contribution in [2.75, 3.05) is 0 Å². The van der Waals surface area contributed by atoms with Crippen LogP contribution in [0.1, 0.15) is 19.8 Å². The van der Waals surface area contributed by atoms with Crippen molar-refractivity contribution in [2.45, 2.75) is 25.4 Å². The molecule has 0 amide bonds. The Hall–Kier alpha value is -0.654. The molecule has 5 N–H and O–H groups in total. The van der Waals surface area contributed by atoms with E-state index in [0.29, 0.717) is 0 Å². The van der Waals surface area contributed by atoms with E-state index in [-0.39, 0.29) is 45.7 Å². The molecule has 0 aromatic carbocycles. The third kappa shape index (κ3) is 17.3. The molecule has 0 rings (SSSR count). The van der Waals surface area contributed by atoms with Gasteiger partial charge in [-0.25, -0.2) is 4.79 Å². The normalized spacial score (nSPS) is 8.74. The molecule has 0 fully saturated rings. The van der Waals surface area contributed by atoms with Crippen LogP contribution in [0.4, 0.5) is 0 Å². The molecule has 0 saturated carbocycles. The number of hydrogen-bond donors (Lipinski definition) is 5. The van der Waals surface area contributed by atoms with E-state index in [1.54, 1.807) is 0 Å². The van der Waals surface area contributed by atoms with Gasteiger partial charge in [0.2, 0.25) is 0 Å². The van der Waals surface area contributed by atoms with Crippen LogP contribution in [-0.2, 0) is 64.9 Å². The summed E-state index contributed by atoms with van der Waals surface area (Å²) >= 11 is 0. The van der Waals surface area contributed by atoms with Crippen molar-refractivity contribution in [1.82, 2.24) is 0 Å². The monoisotopic (exact) mass is 406 g/mol. The number of carbonyl (C=O) groups is 4. The molecule has 0 aromatic heterocycles. The van der Waals surface area contributed by atoms with Crippen LogP contribution in [0.3, 0.4) is 0 Å². The molecule has 9 nitrogen and oxygen atoms in total. The molecule has 0 heterocycles. The van der Waals surface area contributed by atoms with Gasteiger partial charge in [-0.15, -0.1) is 0 Å². The van der Waals surface area contributed by atoms with Gasteiger partial charge in [0.15, 0.2) is 5.60 Å². The van der Waals surface area contributed by atoms with Gasteiger partial charge in [-0.1, -0.05) is 0 Å². The first-order valence-corrected chi connectivity index (χ1v) is 4.10. The summed E-state index contributed by atoms with van der Waals surface area (Å²) in [5.41, 5.74) is -2.74. The molecule has 0 unspecified atom stereocenters. The zero-order valence-corrected chi connectivity index (χ0v) is 15.4.